The first-order valence-corrected chi connectivity index (χ1v) is 10.1. The maximum absolute atomic E-state index is 12.5. The Labute approximate surface area is 185 Å². The SMILES string of the molecule is CC(=O)c1cc2cc(/C=C/C(=O)c3ccco3)c3c(ccc4c(C)cc(=O)oc43)c2oc1=O. The van der Waals surface area contributed by atoms with E-state index < -0.39 is 17.0 Å². The maximum atomic E-state index is 12.5. The summed E-state index contributed by atoms with van der Waals surface area (Å²) in [5.41, 5.74) is 0.467. The molecule has 2 aromatic carbocycles. The fourth-order valence-corrected chi connectivity index (χ4v) is 3.95. The molecule has 0 fully saturated rings. The van der Waals surface area contributed by atoms with Crippen LogP contribution in [0, 0.1) is 6.92 Å². The van der Waals surface area contributed by atoms with Gasteiger partial charge in [-0.3, -0.25) is 9.59 Å². The first kappa shape index (κ1) is 20.4. The van der Waals surface area contributed by atoms with E-state index in [1.165, 1.54) is 31.4 Å². The molecule has 33 heavy (non-hydrogen) atoms. The quantitative estimate of drug-likeness (QED) is 0.166. The molecule has 0 N–H and O–H groups in total. The third kappa shape index (κ3) is 3.40. The summed E-state index contributed by atoms with van der Waals surface area (Å²) in [5.74, 6) is -0.598. The first-order valence-electron chi connectivity index (χ1n) is 10.1. The lowest BCUT2D eigenvalue weighted by molar-refractivity contribution is 0.100. The highest BCUT2D eigenvalue weighted by Gasteiger charge is 2.17. The van der Waals surface area contributed by atoms with Crippen LogP contribution in [-0.4, -0.2) is 11.6 Å². The second kappa shape index (κ2) is 7.56. The zero-order chi connectivity index (χ0) is 23.3. The number of ketones is 2. The largest absolute Gasteiger partial charge is 0.461 e. The molecule has 0 aliphatic carbocycles. The zero-order valence-corrected chi connectivity index (χ0v) is 17.6. The first-order chi connectivity index (χ1) is 15.8. The monoisotopic (exact) mass is 440 g/mol. The number of allylic oxidation sites excluding steroid dienone is 1. The van der Waals surface area contributed by atoms with Crippen molar-refractivity contribution in [1.29, 1.82) is 0 Å². The van der Waals surface area contributed by atoms with Crippen molar-refractivity contribution in [2.24, 2.45) is 0 Å². The third-order valence-corrected chi connectivity index (χ3v) is 5.50. The number of aryl methyl sites for hydroxylation is 1. The summed E-state index contributed by atoms with van der Waals surface area (Å²) in [6, 6.07) is 11.2. The third-order valence-electron chi connectivity index (χ3n) is 5.50. The lowest BCUT2D eigenvalue weighted by Gasteiger charge is -2.10. The van der Waals surface area contributed by atoms with Gasteiger partial charge in [0.2, 0.25) is 5.78 Å². The molecule has 162 valence electrons. The van der Waals surface area contributed by atoms with Gasteiger partial charge in [-0.05, 0) is 61.4 Å². The van der Waals surface area contributed by atoms with Crippen molar-refractivity contribution in [2.45, 2.75) is 13.8 Å². The van der Waals surface area contributed by atoms with Gasteiger partial charge in [0, 0.05) is 27.6 Å². The second-order valence-electron chi connectivity index (χ2n) is 7.68. The fraction of sp³-hybridized carbons (Fsp3) is 0.0769. The number of rotatable bonds is 4. The van der Waals surface area contributed by atoms with Crippen molar-refractivity contribution in [2.75, 3.05) is 0 Å². The van der Waals surface area contributed by atoms with Crippen LogP contribution in [0.3, 0.4) is 0 Å². The van der Waals surface area contributed by atoms with Gasteiger partial charge in [0.15, 0.2) is 11.5 Å². The Bertz CT molecular complexity index is 1750. The zero-order valence-electron chi connectivity index (χ0n) is 17.6. The molecular formula is C26H16O7. The summed E-state index contributed by atoms with van der Waals surface area (Å²) < 4.78 is 16.2. The van der Waals surface area contributed by atoms with E-state index in [4.69, 9.17) is 13.3 Å². The fourth-order valence-electron chi connectivity index (χ4n) is 3.95. The Hall–Kier alpha value is -4.52. The van der Waals surface area contributed by atoms with Gasteiger partial charge < -0.3 is 13.3 Å². The van der Waals surface area contributed by atoms with Crippen LogP contribution in [0.1, 0.15) is 39.0 Å². The molecule has 0 spiro atoms. The highest BCUT2D eigenvalue weighted by Crippen LogP contribution is 2.35. The highest BCUT2D eigenvalue weighted by molar-refractivity contribution is 6.18. The van der Waals surface area contributed by atoms with Gasteiger partial charge in [-0.25, -0.2) is 9.59 Å². The number of carbonyl (C=O) groups excluding carboxylic acids is 2. The Morgan fingerprint density at radius 1 is 0.939 bits per heavy atom. The Morgan fingerprint density at radius 3 is 2.45 bits per heavy atom. The summed E-state index contributed by atoms with van der Waals surface area (Å²) in [6.45, 7) is 3.08. The lowest BCUT2D eigenvalue weighted by atomic mass is 9.96. The molecule has 5 aromatic rings. The number of Topliss-reactive ketones (excluding diaryl/α,β-unsaturated/α-hetero) is 1. The number of fused-ring (bicyclic) bond motifs is 5. The topological polar surface area (TPSA) is 108 Å². The Kier molecular flexibility index (Phi) is 4.67. The number of furan rings is 1. The van der Waals surface area contributed by atoms with Crippen LogP contribution >= 0.6 is 0 Å². The summed E-state index contributed by atoms with van der Waals surface area (Å²) in [7, 11) is 0. The van der Waals surface area contributed by atoms with Gasteiger partial charge in [-0.15, -0.1) is 0 Å². The smallest absolute Gasteiger partial charge is 0.347 e. The van der Waals surface area contributed by atoms with Crippen molar-refractivity contribution >= 4 is 50.4 Å². The van der Waals surface area contributed by atoms with Crippen molar-refractivity contribution in [3.8, 4) is 0 Å². The normalized spacial score (nSPS) is 11.7. The maximum Gasteiger partial charge on any atom is 0.347 e. The van der Waals surface area contributed by atoms with Crippen molar-refractivity contribution in [1.82, 2.24) is 0 Å². The van der Waals surface area contributed by atoms with E-state index in [1.807, 2.05) is 0 Å². The highest BCUT2D eigenvalue weighted by atomic mass is 16.4. The minimum Gasteiger partial charge on any atom is -0.461 e. The van der Waals surface area contributed by atoms with Crippen LogP contribution in [0.15, 0.2) is 77.6 Å². The molecule has 0 amide bonds. The van der Waals surface area contributed by atoms with Gasteiger partial charge in [0.05, 0.1) is 6.26 Å². The van der Waals surface area contributed by atoms with Gasteiger partial charge >= 0.3 is 11.3 Å². The van der Waals surface area contributed by atoms with E-state index in [-0.39, 0.29) is 22.7 Å². The number of hydrogen-bond donors (Lipinski definition) is 0. The molecule has 3 heterocycles. The van der Waals surface area contributed by atoms with Gasteiger partial charge in [0.1, 0.15) is 16.7 Å². The molecule has 0 bridgehead atoms. The molecule has 0 atom stereocenters. The van der Waals surface area contributed by atoms with Crippen LogP contribution in [0.5, 0.6) is 0 Å². The number of carbonyl (C=O) groups is 2. The molecule has 0 aliphatic heterocycles. The van der Waals surface area contributed by atoms with Crippen LogP contribution in [0.25, 0.3) is 38.8 Å². The van der Waals surface area contributed by atoms with E-state index in [9.17, 15) is 19.2 Å². The molecule has 0 aliphatic rings. The predicted molar refractivity (Wildman–Crippen MR) is 123 cm³/mol. The van der Waals surface area contributed by atoms with Crippen LogP contribution < -0.4 is 11.3 Å². The molecule has 5 rings (SSSR count). The minimum absolute atomic E-state index is 0.0772. The summed E-state index contributed by atoms with van der Waals surface area (Å²) in [5, 5.41) is 2.21. The van der Waals surface area contributed by atoms with E-state index in [0.717, 1.165) is 5.56 Å². The Morgan fingerprint density at radius 2 is 1.73 bits per heavy atom. The van der Waals surface area contributed by atoms with Gasteiger partial charge in [0.25, 0.3) is 0 Å². The minimum atomic E-state index is -0.751. The summed E-state index contributed by atoms with van der Waals surface area (Å²) in [6.07, 6.45) is 4.33. The van der Waals surface area contributed by atoms with Crippen LogP contribution in [0.4, 0.5) is 0 Å². The molecule has 0 saturated carbocycles. The molecule has 0 saturated heterocycles. The van der Waals surface area contributed by atoms with Gasteiger partial charge in [-0.2, -0.15) is 0 Å². The molecular weight excluding hydrogens is 424 g/mol. The standard InChI is InChI=1S/C26H16O7/c1-13-10-22(29)32-25-17(13)6-7-18-23(25)15(5-8-20(28)21-4-3-9-31-21)11-16-12-19(14(2)27)26(30)33-24(16)18/h3-12H,1-2H3/b8-5+. The lowest BCUT2D eigenvalue weighted by Crippen LogP contribution is -2.11. The Balaban J connectivity index is 1.90. The van der Waals surface area contributed by atoms with Gasteiger partial charge in [-0.1, -0.05) is 12.1 Å². The summed E-state index contributed by atoms with van der Waals surface area (Å²) >= 11 is 0. The molecule has 0 radical (unpaired) electrons. The van der Waals surface area contributed by atoms with Crippen molar-refractivity contribution in [3.63, 3.8) is 0 Å². The molecule has 0 unspecified atom stereocenters. The van der Waals surface area contributed by atoms with E-state index in [1.54, 1.807) is 43.3 Å². The molecule has 3 aromatic heterocycles. The average molecular weight is 440 g/mol. The second-order valence-corrected chi connectivity index (χ2v) is 7.68. The van der Waals surface area contributed by atoms with E-state index >= 15 is 0 Å². The predicted octanol–water partition coefficient (Wildman–Crippen LogP) is 5.05. The molecule has 7 nitrogen and oxygen atoms in total. The van der Waals surface area contributed by atoms with E-state index in [2.05, 4.69) is 0 Å². The summed E-state index contributed by atoms with van der Waals surface area (Å²) in [4.78, 5) is 48.9. The average Bonchev–Trinajstić information content (AvgIpc) is 3.31. The van der Waals surface area contributed by atoms with Crippen LogP contribution in [0.2, 0.25) is 0 Å². The van der Waals surface area contributed by atoms with Crippen molar-refractivity contribution in [3.05, 3.63) is 98.1 Å². The van der Waals surface area contributed by atoms with E-state index in [0.29, 0.717) is 32.7 Å². The van der Waals surface area contributed by atoms with Crippen molar-refractivity contribution < 1.29 is 22.8 Å². The molecule has 7 heteroatoms. The number of hydrogen-bond acceptors (Lipinski definition) is 7. The number of benzene rings is 2. The van der Waals surface area contributed by atoms with Crippen LogP contribution in [-0.2, 0) is 0 Å².